The van der Waals surface area contributed by atoms with Crippen molar-refractivity contribution in [3.63, 3.8) is 0 Å². The quantitative estimate of drug-likeness (QED) is 0.727. The van der Waals surface area contributed by atoms with E-state index in [2.05, 4.69) is 15.5 Å². The van der Waals surface area contributed by atoms with E-state index in [1.807, 2.05) is 30.3 Å². The van der Waals surface area contributed by atoms with Gasteiger partial charge in [-0.1, -0.05) is 30.3 Å². The maximum Gasteiger partial charge on any atom is 0.353 e. The Balaban J connectivity index is 1.97. The lowest BCUT2D eigenvalue weighted by atomic mass is 10.2. The molecule has 0 bridgehead atoms. The number of carboxylic acids is 1. The first-order valence-electron chi connectivity index (χ1n) is 5.48. The summed E-state index contributed by atoms with van der Waals surface area (Å²) >= 11 is 0. The van der Waals surface area contributed by atoms with Gasteiger partial charge in [0, 0.05) is 12.1 Å². The van der Waals surface area contributed by atoms with Crippen molar-refractivity contribution >= 4 is 23.8 Å². The average molecular weight is 257 g/mol. The van der Waals surface area contributed by atoms with Crippen molar-refractivity contribution in [3.05, 3.63) is 53.7 Å². The second-order valence-corrected chi connectivity index (χ2v) is 3.71. The number of anilines is 1. The lowest BCUT2D eigenvalue weighted by Gasteiger charge is -1.95. The second-order valence-electron chi connectivity index (χ2n) is 3.71. The molecule has 0 aliphatic heterocycles. The van der Waals surface area contributed by atoms with E-state index < -0.39 is 5.97 Å². The van der Waals surface area contributed by atoms with Crippen molar-refractivity contribution in [3.8, 4) is 0 Å². The maximum absolute atomic E-state index is 11.6. The Hall–Kier alpha value is -2.89. The van der Waals surface area contributed by atoms with Gasteiger partial charge in [-0.05, 0) is 11.6 Å². The van der Waals surface area contributed by atoms with Gasteiger partial charge in [0.25, 0.3) is 0 Å². The molecule has 1 amide bonds. The standard InChI is InChI=1S/C13H11N3O3/c17-12(7-6-9-4-2-1-3-5-9)14-11-8-10(13(18)19)15-16-11/h1-8H,(H,18,19)(H2,14,15,16,17). The summed E-state index contributed by atoms with van der Waals surface area (Å²) in [6.07, 6.45) is 3.00. The third kappa shape index (κ3) is 3.53. The van der Waals surface area contributed by atoms with Crippen molar-refractivity contribution in [1.29, 1.82) is 0 Å². The molecule has 96 valence electrons. The molecule has 2 rings (SSSR count). The van der Waals surface area contributed by atoms with E-state index in [4.69, 9.17) is 5.11 Å². The highest BCUT2D eigenvalue weighted by atomic mass is 16.4. The van der Waals surface area contributed by atoms with E-state index in [9.17, 15) is 9.59 Å². The van der Waals surface area contributed by atoms with E-state index in [1.165, 1.54) is 12.1 Å². The number of H-pyrrole nitrogens is 1. The largest absolute Gasteiger partial charge is 0.477 e. The number of hydrogen-bond acceptors (Lipinski definition) is 3. The van der Waals surface area contributed by atoms with Crippen molar-refractivity contribution in [1.82, 2.24) is 10.2 Å². The number of carboxylic acid groups (broad SMARTS) is 1. The first-order chi connectivity index (χ1) is 9.15. The molecular formula is C13H11N3O3. The summed E-state index contributed by atoms with van der Waals surface area (Å²) in [5.41, 5.74) is 0.813. The molecule has 0 fully saturated rings. The lowest BCUT2D eigenvalue weighted by molar-refractivity contribution is -0.111. The van der Waals surface area contributed by atoms with Gasteiger partial charge in [-0.2, -0.15) is 5.10 Å². The van der Waals surface area contributed by atoms with Gasteiger partial charge in [0.15, 0.2) is 5.82 Å². The van der Waals surface area contributed by atoms with Crippen LogP contribution in [0.2, 0.25) is 0 Å². The fourth-order valence-corrected chi connectivity index (χ4v) is 1.40. The van der Waals surface area contributed by atoms with Gasteiger partial charge in [0.2, 0.25) is 5.91 Å². The van der Waals surface area contributed by atoms with Crippen molar-refractivity contribution in [2.45, 2.75) is 0 Å². The molecule has 0 aliphatic rings. The van der Waals surface area contributed by atoms with Crippen LogP contribution < -0.4 is 5.32 Å². The van der Waals surface area contributed by atoms with Gasteiger partial charge in [0.05, 0.1) is 0 Å². The SMILES string of the molecule is O=C(C=Cc1ccccc1)Nc1cc(C(=O)O)[nH]n1. The molecule has 1 aromatic carbocycles. The zero-order valence-electron chi connectivity index (χ0n) is 9.83. The molecular weight excluding hydrogens is 246 g/mol. The molecule has 6 heteroatoms. The molecule has 0 spiro atoms. The van der Waals surface area contributed by atoms with Crippen molar-refractivity contribution in [2.24, 2.45) is 0 Å². The molecule has 0 radical (unpaired) electrons. The number of benzene rings is 1. The number of carbonyl (C=O) groups is 2. The van der Waals surface area contributed by atoms with E-state index in [0.717, 1.165) is 5.56 Å². The molecule has 2 aromatic rings. The summed E-state index contributed by atoms with van der Waals surface area (Å²) < 4.78 is 0. The first kappa shape index (κ1) is 12.6. The number of rotatable bonds is 4. The van der Waals surface area contributed by atoms with Crippen LogP contribution in [0.5, 0.6) is 0 Å². The van der Waals surface area contributed by atoms with Crippen molar-refractivity contribution < 1.29 is 14.7 Å². The summed E-state index contributed by atoms with van der Waals surface area (Å²) in [4.78, 5) is 22.2. The van der Waals surface area contributed by atoms with Crippen LogP contribution in [0.15, 0.2) is 42.5 Å². The molecule has 0 saturated heterocycles. The average Bonchev–Trinajstić information content (AvgIpc) is 2.86. The van der Waals surface area contributed by atoms with E-state index in [1.54, 1.807) is 6.08 Å². The summed E-state index contributed by atoms with van der Waals surface area (Å²) in [6.45, 7) is 0. The van der Waals surface area contributed by atoms with Gasteiger partial charge in [-0.3, -0.25) is 9.89 Å². The topological polar surface area (TPSA) is 95.1 Å². The van der Waals surface area contributed by atoms with Gasteiger partial charge < -0.3 is 10.4 Å². The molecule has 3 N–H and O–H groups in total. The Morgan fingerprint density at radius 1 is 1.26 bits per heavy atom. The highest BCUT2D eigenvalue weighted by Gasteiger charge is 2.08. The minimum atomic E-state index is -1.13. The van der Waals surface area contributed by atoms with Crippen LogP contribution in [0, 0.1) is 0 Å². The number of nitrogens with one attached hydrogen (secondary N) is 2. The van der Waals surface area contributed by atoms with Crippen LogP contribution in [0.25, 0.3) is 6.08 Å². The Morgan fingerprint density at radius 3 is 2.63 bits per heavy atom. The number of carbonyl (C=O) groups excluding carboxylic acids is 1. The monoisotopic (exact) mass is 257 g/mol. The molecule has 0 unspecified atom stereocenters. The van der Waals surface area contributed by atoms with E-state index in [-0.39, 0.29) is 17.4 Å². The lowest BCUT2D eigenvalue weighted by Crippen LogP contribution is -2.07. The first-order valence-corrected chi connectivity index (χ1v) is 5.48. The van der Waals surface area contributed by atoms with Crippen LogP contribution in [-0.4, -0.2) is 27.2 Å². The predicted molar refractivity (Wildman–Crippen MR) is 69.7 cm³/mol. The molecule has 6 nitrogen and oxygen atoms in total. The van der Waals surface area contributed by atoms with Crippen LogP contribution in [-0.2, 0) is 4.79 Å². The zero-order valence-corrected chi connectivity index (χ0v) is 9.83. The smallest absolute Gasteiger partial charge is 0.353 e. The van der Waals surface area contributed by atoms with Crippen molar-refractivity contribution in [2.75, 3.05) is 5.32 Å². The summed E-state index contributed by atoms with van der Waals surface area (Å²) in [5, 5.41) is 17.1. The number of aromatic amines is 1. The number of aromatic carboxylic acids is 1. The number of nitrogens with zero attached hydrogens (tertiary/aromatic N) is 1. The molecule has 1 aromatic heterocycles. The zero-order chi connectivity index (χ0) is 13.7. The minimum Gasteiger partial charge on any atom is -0.477 e. The Kier molecular flexibility index (Phi) is 3.72. The third-order valence-electron chi connectivity index (χ3n) is 2.29. The normalized spacial score (nSPS) is 10.5. The minimum absolute atomic E-state index is 0.0812. The van der Waals surface area contributed by atoms with Gasteiger partial charge in [-0.15, -0.1) is 0 Å². The summed E-state index contributed by atoms with van der Waals surface area (Å²) in [6, 6.07) is 10.6. The van der Waals surface area contributed by atoms with Gasteiger partial charge >= 0.3 is 5.97 Å². The fourth-order valence-electron chi connectivity index (χ4n) is 1.40. The third-order valence-corrected chi connectivity index (χ3v) is 2.29. The van der Waals surface area contributed by atoms with E-state index in [0.29, 0.717) is 0 Å². The Morgan fingerprint density at radius 2 is 2.00 bits per heavy atom. The predicted octanol–water partition coefficient (Wildman–Crippen LogP) is 1.76. The van der Waals surface area contributed by atoms with Crippen LogP contribution in [0.1, 0.15) is 16.1 Å². The molecule has 1 heterocycles. The van der Waals surface area contributed by atoms with Gasteiger partial charge in [0.1, 0.15) is 5.69 Å². The van der Waals surface area contributed by atoms with Crippen LogP contribution >= 0.6 is 0 Å². The number of amides is 1. The highest BCUT2D eigenvalue weighted by molar-refractivity contribution is 6.01. The van der Waals surface area contributed by atoms with Crippen LogP contribution in [0.3, 0.4) is 0 Å². The molecule has 0 atom stereocenters. The molecule has 0 aliphatic carbocycles. The van der Waals surface area contributed by atoms with Crippen LogP contribution in [0.4, 0.5) is 5.82 Å². The second kappa shape index (κ2) is 5.63. The fraction of sp³-hybridized carbons (Fsp3) is 0. The van der Waals surface area contributed by atoms with Gasteiger partial charge in [-0.25, -0.2) is 4.79 Å². The Bertz CT molecular complexity index is 617. The molecule has 19 heavy (non-hydrogen) atoms. The summed E-state index contributed by atoms with van der Waals surface area (Å²) in [7, 11) is 0. The highest BCUT2D eigenvalue weighted by Crippen LogP contribution is 2.06. The molecule has 0 saturated carbocycles. The Labute approximate surface area is 108 Å². The number of aromatic nitrogens is 2. The summed E-state index contributed by atoms with van der Waals surface area (Å²) in [5.74, 6) is -1.35. The van der Waals surface area contributed by atoms with E-state index >= 15 is 0 Å². The number of hydrogen-bond donors (Lipinski definition) is 3. The maximum atomic E-state index is 11.6.